The first-order valence-corrected chi connectivity index (χ1v) is 7.08. The summed E-state index contributed by atoms with van der Waals surface area (Å²) >= 11 is 0. The third-order valence-corrected chi connectivity index (χ3v) is 4.72. The Kier molecular flexibility index (Phi) is 5.35. The molecule has 0 saturated heterocycles. The third-order valence-electron chi connectivity index (χ3n) is 4.72. The maximum atomic E-state index is 12.2. The van der Waals surface area contributed by atoms with Crippen LogP contribution in [0.15, 0.2) is 0 Å². The van der Waals surface area contributed by atoms with Crippen LogP contribution in [0.4, 0.5) is 0 Å². The summed E-state index contributed by atoms with van der Waals surface area (Å²) in [6.07, 6.45) is 2.64. The Morgan fingerprint density at radius 1 is 1.32 bits per heavy atom. The highest BCUT2D eigenvalue weighted by Gasteiger charge is 2.44. The molecule has 1 saturated carbocycles. The minimum atomic E-state index is -0.327. The predicted molar refractivity (Wildman–Crippen MR) is 75.1 cm³/mol. The van der Waals surface area contributed by atoms with Crippen LogP contribution in [0.1, 0.15) is 46.5 Å². The second-order valence-corrected chi connectivity index (χ2v) is 6.26. The molecule has 5 nitrogen and oxygen atoms in total. The number of primary amides is 1. The van der Waals surface area contributed by atoms with Crippen LogP contribution in [0.5, 0.6) is 0 Å². The van der Waals surface area contributed by atoms with E-state index in [9.17, 15) is 9.59 Å². The second-order valence-electron chi connectivity index (χ2n) is 6.26. The molecular weight excluding hydrogens is 242 g/mol. The van der Waals surface area contributed by atoms with Crippen molar-refractivity contribution < 1.29 is 9.59 Å². The molecule has 0 aromatic carbocycles. The Labute approximate surface area is 115 Å². The van der Waals surface area contributed by atoms with Gasteiger partial charge in [0, 0.05) is 24.9 Å². The number of hydrogen-bond acceptors (Lipinski definition) is 3. The summed E-state index contributed by atoms with van der Waals surface area (Å²) in [4.78, 5) is 22.9. The average molecular weight is 269 g/mol. The molecule has 2 amide bonds. The lowest BCUT2D eigenvalue weighted by Gasteiger charge is -2.46. The van der Waals surface area contributed by atoms with Gasteiger partial charge in [0.05, 0.1) is 0 Å². The Morgan fingerprint density at radius 2 is 1.95 bits per heavy atom. The summed E-state index contributed by atoms with van der Waals surface area (Å²) in [5, 5.41) is 2.91. The van der Waals surface area contributed by atoms with Crippen molar-refractivity contribution in [3.63, 3.8) is 0 Å². The van der Waals surface area contributed by atoms with Crippen molar-refractivity contribution in [2.24, 2.45) is 28.7 Å². The van der Waals surface area contributed by atoms with Crippen molar-refractivity contribution in [2.45, 2.75) is 52.5 Å². The molecule has 3 unspecified atom stereocenters. The van der Waals surface area contributed by atoms with Crippen LogP contribution in [0, 0.1) is 17.3 Å². The fraction of sp³-hybridized carbons (Fsp3) is 0.857. The highest BCUT2D eigenvalue weighted by atomic mass is 16.2. The summed E-state index contributed by atoms with van der Waals surface area (Å²) in [5.41, 5.74) is 11.1. The monoisotopic (exact) mass is 269 g/mol. The zero-order valence-corrected chi connectivity index (χ0v) is 12.2. The first-order valence-electron chi connectivity index (χ1n) is 7.08. The molecular formula is C14H27N3O2. The number of nitrogens with one attached hydrogen (secondary N) is 1. The Hall–Kier alpha value is -1.10. The second kappa shape index (κ2) is 6.37. The number of carbonyl (C=O) groups is 2. The van der Waals surface area contributed by atoms with Crippen LogP contribution in [-0.2, 0) is 9.59 Å². The first kappa shape index (κ1) is 16.0. The summed E-state index contributed by atoms with van der Waals surface area (Å²) < 4.78 is 0. The van der Waals surface area contributed by atoms with E-state index in [0.717, 1.165) is 12.8 Å². The molecule has 1 fully saturated rings. The molecule has 5 heteroatoms. The predicted octanol–water partition coefficient (Wildman–Crippen LogP) is 0.768. The van der Waals surface area contributed by atoms with Gasteiger partial charge in [0.2, 0.25) is 11.8 Å². The molecule has 0 aromatic rings. The summed E-state index contributed by atoms with van der Waals surface area (Å²) in [6.45, 7) is 6.86. The van der Waals surface area contributed by atoms with Crippen LogP contribution < -0.4 is 16.8 Å². The van der Waals surface area contributed by atoms with E-state index in [2.05, 4.69) is 26.1 Å². The van der Waals surface area contributed by atoms with E-state index >= 15 is 0 Å². The average Bonchev–Trinajstić information content (AvgIpc) is 2.31. The van der Waals surface area contributed by atoms with E-state index in [1.54, 1.807) is 0 Å². The molecule has 110 valence electrons. The van der Waals surface area contributed by atoms with E-state index in [4.69, 9.17) is 11.5 Å². The Morgan fingerprint density at radius 3 is 2.53 bits per heavy atom. The molecule has 0 aliphatic heterocycles. The smallest absolute Gasteiger partial charge is 0.223 e. The van der Waals surface area contributed by atoms with E-state index in [-0.39, 0.29) is 29.2 Å². The summed E-state index contributed by atoms with van der Waals surface area (Å²) in [6, 6.07) is 0.175. The van der Waals surface area contributed by atoms with Gasteiger partial charge in [0.15, 0.2) is 0 Å². The topological polar surface area (TPSA) is 98.2 Å². The van der Waals surface area contributed by atoms with Gasteiger partial charge in [-0.15, -0.1) is 0 Å². The van der Waals surface area contributed by atoms with Gasteiger partial charge in [-0.2, -0.15) is 0 Å². The molecule has 0 heterocycles. The lowest BCUT2D eigenvalue weighted by Crippen LogP contribution is -2.51. The largest absolute Gasteiger partial charge is 0.370 e. The van der Waals surface area contributed by atoms with Gasteiger partial charge in [0.1, 0.15) is 0 Å². The zero-order chi connectivity index (χ0) is 14.6. The normalized spacial score (nSPS) is 29.8. The number of carbonyl (C=O) groups excluding carboxylic acids is 2. The lowest BCUT2D eigenvalue weighted by atomic mass is 9.61. The standard InChI is InChI=1S/C14H27N3O2/c1-9-11(15)7-6-10(14(9,2)3)13(19)17-8-4-5-12(16)18/h9-11H,4-8,15H2,1-3H3,(H2,16,18)(H,17,19). The van der Waals surface area contributed by atoms with Gasteiger partial charge < -0.3 is 16.8 Å². The zero-order valence-electron chi connectivity index (χ0n) is 12.2. The van der Waals surface area contributed by atoms with E-state index < -0.39 is 0 Å². The Balaban J connectivity index is 2.49. The molecule has 5 N–H and O–H groups in total. The first-order chi connectivity index (χ1) is 8.76. The molecule has 0 radical (unpaired) electrons. The van der Waals surface area contributed by atoms with Crippen LogP contribution in [0.3, 0.4) is 0 Å². The number of nitrogens with two attached hydrogens (primary N) is 2. The van der Waals surface area contributed by atoms with Crippen molar-refractivity contribution in [1.82, 2.24) is 5.32 Å². The maximum absolute atomic E-state index is 12.2. The van der Waals surface area contributed by atoms with Crippen molar-refractivity contribution in [2.75, 3.05) is 6.54 Å². The quantitative estimate of drug-likeness (QED) is 0.643. The number of hydrogen-bond donors (Lipinski definition) is 3. The van der Waals surface area contributed by atoms with Crippen molar-refractivity contribution >= 4 is 11.8 Å². The fourth-order valence-electron chi connectivity index (χ4n) is 2.92. The van der Waals surface area contributed by atoms with E-state index in [1.807, 2.05) is 0 Å². The van der Waals surface area contributed by atoms with Gasteiger partial charge in [-0.1, -0.05) is 20.8 Å². The van der Waals surface area contributed by atoms with Crippen LogP contribution >= 0.6 is 0 Å². The molecule has 19 heavy (non-hydrogen) atoms. The minimum absolute atomic E-state index is 0.00382. The fourth-order valence-corrected chi connectivity index (χ4v) is 2.92. The van der Waals surface area contributed by atoms with Gasteiger partial charge in [0.25, 0.3) is 0 Å². The van der Waals surface area contributed by atoms with E-state index in [1.165, 1.54) is 0 Å². The third kappa shape index (κ3) is 3.93. The van der Waals surface area contributed by atoms with Crippen molar-refractivity contribution in [3.8, 4) is 0 Å². The van der Waals surface area contributed by atoms with Crippen molar-refractivity contribution in [3.05, 3.63) is 0 Å². The molecule has 0 spiro atoms. The van der Waals surface area contributed by atoms with Gasteiger partial charge in [-0.3, -0.25) is 9.59 Å². The molecule has 1 rings (SSSR count). The SMILES string of the molecule is CC1C(N)CCC(C(=O)NCCCC(N)=O)C1(C)C. The maximum Gasteiger partial charge on any atom is 0.223 e. The lowest BCUT2D eigenvalue weighted by molar-refractivity contribution is -0.132. The summed E-state index contributed by atoms with van der Waals surface area (Å²) in [5.74, 6) is 0.0681. The number of rotatable bonds is 5. The van der Waals surface area contributed by atoms with Gasteiger partial charge in [-0.05, 0) is 30.6 Å². The molecule has 3 atom stereocenters. The van der Waals surface area contributed by atoms with Crippen LogP contribution in [0.2, 0.25) is 0 Å². The van der Waals surface area contributed by atoms with Crippen LogP contribution in [-0.4, -0.2) is 24.4 Å². The molecule has 0 aromatic heterocycles. The molecule has 1 aliphatic rings. The van der Waals surface area contributed by atoms with Gasteiger partial charge in [-0.25, -0.2) is 0 Å². The molecule has 1 aliphatic carbocycles. The van der Waals surface area contributed by atoms with E-state index in [0.29, 0.717) is 25.3 Å². The van der Waals surface area contributed by atoms with Gasteiger partial charge >= 0.3 is 0 Å². The minimum Gasteiger partial charge on any atom is -0.370 e. The molecule has 0 bridgehead atoms. The van der Waals surface area contributed by atoms with Crippen LogP contribution in [0.25, 0.3) is 0 Å². The highest BCUT2D eigenvalue weighted by Crippen LogP contribution is 2.44. The summed E-state index contributed by atoms with van der Waals surface area (Å²) in [7, 11) is 0. The Bertz CT molecular complexity index is 342. The highest BCUT2D eigenvalue weighted by molar-refractivity contribution is 5.79. The van der Waals surface area contributed by atoms with Crippen molar-refractivity contribution in [1.29, 1.82) is 0 Å². The number of amides is 2.